The summed E-state index contributed by atoms with van der Waals surface area (Å²) in [4.78, 5) is 22.0. The number of nitrogen functional groups attached to an aromatic ring is 1. The summed E-state index contributed by atoms with van der Waals surface area (Å²) in [5.74, 6) is -2.16. The Kier molecular flexibility index (Phi) is 3.07. The number of carbonyl (C=O) groups excluding carboxylic acids is 2. The molecule has 0 saturated carbocycles. The Balaban J connectivity index is 2.92. The molecule has 0 aliphatic rings. The molecule has 5 nitrogen and oxygen atoms in total. The van der Waals surface area contributed by atoms with E-state index in [0.29, 0.717) is 5.69 Å². The minimum atomic E-state index is -0.947. The first-order valence-electron chi connectivity index (χ1n) is 4.01. The highest BCUT2D eigenvalue weighted by molar-refractivity contribution is 6.01. The smallest absolute Gasteiger partial charge is 0.349 e. The number of nitrogens with two attached hydrogens (primary N) is 1. The summed E-state index contributed by atoms with van der Waals surface area (Å²) in [5.41, 5.74) is 5.54. The highest BCUT2D eigenvalue weighted by Gasteiger charge is 2.14. The van der Waals surface area contributed by atoms with Crippen LogP contribution >= 0.6 is 0 Å². The molecule has 0 spiro atoms. The molecular formula is C10H9NO4. The van der Waals surface area contributed by atoms with E-state index >= 15 is 0 Å². The number of anilines is 1. The fourth-order valence-electron chi connectivity index (χ4n) is 0.909. The fourth-order valence-corrected chi connectivity index (χ4v) is 0.909. The molecule has 0 amide bonds. The summed E-state index contributed by atoms with van der Waals surface area (Å²) >= 11 is 0. The summed E-state index contributed by atoms with van der Waals surface area (Å²) in [6.45, 7) is 3.13. The van der Waals surface area contributed by atoms with Crippen molar-refractivity contribution in [2.75, 3.05) is 5.73 Å². The monoisotopic (exact) mass is 207 g/mol. The van der Waals surface area contributed by atoms with Crippen molar-refractivity contribution in [1.29, 1.82) is 0 Å². The van der Waals surface area contributed by atoms with E-state index < -0.39 is 11.9 Å². The standard InChI is InChI=1S/C10H9NO4/c1-2-9(13)15-10(14)7-4-3-6(11)5-8(7)12/h2-5,12H,1,11H2. The van der Waals surface area contributed by atoms with Crippen LogP contribution < -0.4 is 5.73 Å². The zero-order valence-electron chi connectivity index (χ0n) is 7.77. The molecule has 0 aromatic heterocycles. The molecule has 0 unspecified atom stereocenters. The van der Waals surface area contributed by atoms with E-state index in [2.05, 4.69) is 11.3 Å². The second-order valence-corrected chi connectivity index (χ2v) is 2.69. The molecule has 1 rings (SSSR count). The predicted molar refractivity (Wildman–Crippen MR) is 53.1 cm³/mol. The molecule has 0 aliphatic carbocycles. The maximum atomic E-state index is 11.3. The van der Waals surface area contributed by atoms with Crippen molar-refractivity contribution >= 4 is 17.6 Å². The molecule has 0 saturated heterocycles. The third-order valence-corrected chi connectivity index (χ3v) is 1.60. The summed E-state index contributed by atoms with van der Waals surface area (Å²) in [6.07, 6.45) is 0.853. The van der Waals surface area contributed by atoms with Crippen molar-refractivity contribution in [2.24, 2.45) is 0 Å². The van der Waals surface area contributed by atoms with Crippen LogP contribution in [0.25, 0.3) is 0 Å². The third-order valence-electron chi connectivity index (χ3n) is 1.60. The minimum absolute atomic E-state index is 0.126. The quantitative estimate of drug-likeness (QED) is 0.324. The first kappa shape index (κ1) is 10.8. The summed E-state index contributed by atoms with van der Waals surface area (Å²) in [7, 11) is 0. The Morgan fingerprint density at radius 1 is 1.47 bits per heavy atom. The number of phenols is 1. The SMILES string of the molecule is C=CC(=O)OC(=O)c1ccc(N)cc1O. The lowest BCUT2D eigenvalue weighted by atomic mass is 10.2. The van der Waals surface area contributed by atoms with E-state index in [0.717, 1.165) is 6.08 Å². The van der Waals surface area contributed by atoms with Crippen LogP contribution in [0.1, 0.15) is 10.4 Å². The molecule has 0 bridgehead atoms. The van der Waals surface area contributed by atoms with Gasteiger partial charge in [-0.2, -0.15) is 0 Å². The topological polar surface area (TPSA) is 89.6 Å². The van der Waals surface area contributed by atoms with Gasteiger partial charge in [-0.1, -0.05) is 6.58 Å². The molecule has 3 N–H and O–H groups in total. The van der Waals surface area contributed by atoms with Crippen LogP contribution in [-0.2, 0) is 9.53 Å². The molecule has 5 heteroatoms. The first-order chi connectivity index (χ1) is 7.04. The highest BCUT2D eigenvalue weighted by Crippen LogP contribution is 2.20. The second-order valence-electron chi connectivity index (χ2n) is 2.69. The van der Waals surface area contributed by atoms with Gasteiger partial charge in [0, 0.05) is 17.8 Å². The number of rotatable bonds is 2. The van der Waals surface area contributed by atoms with Crippen molar-refractivity contribution in [1.82, 2.24) is 0 Å². The number of phenolic OH excluding ortho intramolecular Hbond substituents is 1. The highest BCUT2D eigenvalue weighted by atomic mass is 16.6. The maximum Gasteiger partial charge on any atom is 0.349 e. The van der Waals surface area contributed by atoms with Gasteiger partial charge in [-0.15, -0.1) is 0 Å². The molecular weight excluding hydrogens is 198 g/mol. The van der Waals surface area contributed by atoms with Gasteiger partial charge in [0.2, 0.25) is 0 Å². The Bertz CT molecular complexity index is 425. The van der Waals surface area contributed by atoms with E-state index in [1.54, 1.807) is 0 Å². The van der Waals surface area contributed by atoms with Gasteiger partial charge in [0.05, 0.1) is 0 Å². The molecule has 1 aromatic rings. The first-order valence-corrected chi connectivity index (χ1v) is 4.01. The van der Waals surface area contributed by atoms with E-state index in [9.17, 15) is 14.7 Å². The molecule has 0 fully saturated rings. The number of aromatic hydroxyl groups is 1. The Morgan fingerprint density at radius 2 is 2.13 bits per heavy atom. The summed E-state index contributed by atoms with van der Waals surface area (Å²) in [6, 6.07) is 3.87. The second kappa shape index (κ2) is 4.28. The minimum Gasteiger partial charge on any atom is -0.507 e. The van der Waals surface area contributed by atoms with Crippen LogP contribution in [0.15, 0.2) is 30.9 Å². The molecule has 15 heavy (non-hydrogen) atoms. The largest absolute Gasteiger partial charge is 0.507 e. The van der Waals surface area contributed by atoms with Crippen molar-refractivity contribution in [3.8, 4) is 5.75 Å². The number of ether oxygens (including phenoxy) is 1. The van der Waals surface area contributed by atoms with E-state index in [-0.39, 0.29) is 11.3 Å². The zero-order valence-corrected chi connectivity index (χ0v) is 7.77. The van der Waals surface area contributed by atoms with Gasteiger partial charge in [0.25, 0.3) is 0 Å². The zero-order chi connectivity index (χ0) is 11.4. The van der Waals surface area contributed by atoms with Crippen molar-refractivity contribution in [2.45, 2.75) is 0 Å². The van der Waals surface area contributed by atoms with Crippen molar-refractivity contribution in [3.05, 3.63) is 36.4 Å². The number of esters is 2. The lowest BCUT2D eigenvalue weighted by Gasteiger charge is -2.03. The lowest BCUT2D eigenvalue weighted by Crippen LogP contribution is -2.10. The molecule has 0 heterocycles. The van der Waals surface area contributed by atoms with Gasteiger partial charge in [-0.05, 0) is 12.1 Å². The van der Waals surface area contributed by atoms with Gasteiger partial charge in [-0.3, -0.25) is 0 Å². The number of carbonyl (C=O) groups is 2. The van der Waals surface area contributed by atoms with Crippen LogP contribution in [0.4, 0.5) is 5.69 Å². The van der Waals surface area contributed by atoms with Crippen LogP contribution in [0.3, 0.4) is 0 Å². The molecule has 78 valence electrons. The number of benzene rings is 1. The average Bonchev–Trinajstić information content (AvgIpc) is 2.17. The van der Waals surface area contributed by atoms with Crippen molar-refractivity contribution in [3.63, 3.8) is 0 Å². The van der Waals surface area contributed by atoms with Gasteiger partial charge in [0.15, 0.2) is 0 Å². The van der Waals surface area contributed by atoms with Gasteiger partial charge in [-0.25, -0.2) is 9.59 Å². The van der Waals surface area contributed by atoms with Gasteiger partial charge >= 0.3 is 11.9 Å². The Hall–Kier alpha value is -2.30. The molecule has 0 radical (unpaired) electrons. The van der Waals surface area contributed by atoms with E-state index in [4.69, 9.17) is 5.73 Å². The summed E-state index contributed by atoms with van der Waals surface area (Å²) < 4.78 is 4.31. The number of hydrogen-bond acceptors (Lipinski definition) is 5. The Morgan fingerprint density at radius 3 is 2.67 bits per heavy atom. The predicted octanol–water partition coefficient (Wildman–Crippen LogP) is 0.844. The lowest BCUT2D eigenvalue weighted by molar-refractivity contribution is -0.132. The van der Waals surface area contributed by atoms with E-state index in [1.165, 1.54) is 18.2 Å². The Labute approximate surface area is 85.8 Å². The molecule has 1 aromatic carbocycles. The van der Waals surface area contributed by atoms with Crippen LogP contribution in [0.5, 0.6) is 5.75 Å². The van der Waals surface area contributed by atoms with E-state index in [1.807, 2.05) is 0 Å². The normalized spacial score (nSPS) is 9.33. The fraction of sp³-hybridized carbons (Fsp3) is 0. The number of hydrogen-bond donors (Lipinski definition) is 2. The van der Waals surface area contributed by atoms with Crippen LogP contribution in [0, 0.1) is 0 Å². The average molecular weight is 207 g/mol. The van der Waals surface area contributed by atoms with Crippen molar-refractivity contribution < 1.29 is 19.4 Å². The van der Waals surface area contributed by atoms with Gasteiger partial charge < -0.3 is 15.6 Å². The van der Waals surface area contributed by atoms with Crippen LogP contribution in [0.2, 0.25) is 0 Å². The van der Waals surface area contributed by atoms with Gasteiger partial charge in [0.1, 0.15) is 11.3 Å². The molecule has 0 aliphatic heterocycles. The third kappa shape index (κ3) is 2.57. The molecule has 0 atom stereocenters. The summed E-state index contributed by atoms with van der Waals surface area (Å²) in [5, 5.41) is 9.33. The van der Waals surface area contributed by atoms with Crippen LogP contribution in [-0.4, -0.2) is 17.0 Å². The maximum absolute atomic E-state index is 11.3.